The zero-order chi connectivity index (χ0) is 6.97. The molecule has 0 N–H and O–H groups in total. The van der Waals surface area contributed by atoms with E-state index in [1.54, 1.807) is 0 Å². The SMILES string of the molecule is FC1CCCCC1C1CC1. The normalized spacial score (nSPS) is 41.7. The lowest BCUT2D eigenvalue weighted by Crippen LogP contribution is -2.21. The number of hydrogen-bond acceptors (Lipinski definition) is 0. The predicted molar refractivity (Wildman–Crippen MR) is 39.6 cm³/mol. The molecule has 0 aromatic carbocycles. The molecule has 2 atom stereocenters. The first-order valence-electron chi connectivity index (χ1n) is 4.52. The smallest absolute Gasteiger partial charge is 0.103 e. The van der Waals surface area contributed by atoms with Crippen molar-refractivity contribution in [2.75, 3.05) is 0 Å². The van der Waals surface area contributed by atoms with Crippen molar-refractivity contribution >= 4 is 0 Å². The van der Waals surface area contributed by atoms with Gasteiger partial charge in [-0.15, -0.1) is 0 Å². The quantitative estimate of drug-likeness (QED) is 0.528. The Morgan fingerprint density at radius 2 is 1.60 bits per heavy atom. The van der Waals surface area contributed by atoms with E-state index >= 15 is 0 Å². The highest BCUT2D eigenvalue weighted by Gasteiger charge is 2.37. The van der Waals surface area contributed by atoms with Gasteiger partial charge in [-0.05, 0) is 37.5 Å². The zero-order valence-electron chi connectivity index (χ0n) is 6.35. The van der Waals surface area contributed by atoms with Crippen LogP contribution in [-0.2, 0) is 0 Å². The van der Waals surface area contributed by atoms with Gasteiger partial charge in [-0.25, -0.2) is 4.39 Å². The van der Waals surface area contributed by atoms with Crippen LogP contribution < -0.4 is 0 Å². The van der Waals surface area contributed by atoms with Crippen molar-refractivity contribution < 1.29 is 4.39 Å². The van der Waals surface area contributed by atoms with Crippen LogP contribution in [0.5, 0.6) is 0 Å². The molecule has 0 aromatic rings. The van der Waals surface area contributed by atoms with Gasteiger partial charge in [0.15, 0.2) is 0 Å². The highest BCUT2D eigenvalue weighted by molar-refractivity contribution is 4.87. The Morgan fingerprint density at radius 3 is 2.20 bits per heavy atom. The highest BCUT2D eigenvalue weighted by atomic mass is 19.1. The van der Waals surface area contributed by atoms with Crippen molar-refractivity contribution in [2.45, 2.75) is 44.7 Å². The Balaban J connectivity index is 1.90. The fraction of sp³-hybridized carbons (Fsp3) is 1.00. The van der Waals surface area contributed by atoms with Gasteiger partial charge in [-0.1, -0.05) is 12.8 Å². The molecule has 2 unspecified atom stereocenters. The summed E-state index contributed by atoms with van der Waals surface area (Å²) in [6.45, 7) is 0. The van der Waals surface area contributed by atoms with Crippen molar-refractivity contribution in [3.8, 4) is 0 Å². The van der Waals surface area contributed by atoms with Crippen LogP contribution in [0, 0.1) is 11.8 Å². The molecule has 0 aliphatic heterocycles. The van der Waals surface area contributed by atoms with Crippen LogP contribution in [0.2, 0.25) is 0 Å². The van der Waals surface area contributed by atoms with Crippen LogP contribution in [0.15, 0.2) is 0 Å². The summed E-state index contributed by atoms with van der Waals surface area (Å²) in [4.78, 5) is 0. The molecule has 0 bridgehead atoms. The molecule has 2 aliphatic rings. The molecule has 2 aliphatic carbocycles. The Morgan fingerprint density at radius 1 is 0.900 bits per heavy atom. The molecule has 0 aromatic heterocycles. The maximum absolute atomic E-state index is 13.1. The van der Waals surface area contributed by atoms with E-state index in [-0.39, 0.29) is 0 Å². The van der Waals surface area contributed by atoms with Crippen LogP contribution in [0.3, 0.4) is 0 Å². The van der Waals surface area contributed by atoms with Gasteiger partial charge in [-0.2, -0.15) is 0 Å². The summed E-state index contributed by atoms with van der Waals surface area (Å²) in [6.07, 6.45) is 6.61. The van der Waals surface area contributed by atoms with Crippen molar-refractivity contribution in [3.63, 3.8) is 0 Å². The van der Waals surface area contributed by atoms with Crippen molar-refractivity contribution in [2.24, 2.45) is 11.8 Å². The van der Waals surface area contributed by atoms with Crippen LogP contribution in [-0.4, -0.2) is 6.17 Å². The zero-order valence-corrected chi connectivity index (χ0v) is 6.35. The number of rotatable bonds is 1. The first-order valence-corrected chi connectivity index (χ1v) is 4.52. The third-order valence-corrected chi connectivity index (χ3v) is 2.96. The molecule has 0 saturated heterocycles. The molecule has 2 saturated carbocycles. The van der Waals surface area contributed by atoms with E-state index in [0.29, 0.717) is 5.92 Å². The van der Waals surface area contributed by atoms with E-state index < -0.39 is 6.17 Å². The van der Waals surface area contributed by atoms with Crippen molar-refractivity contribution in [1.29, 1.82) is 0 Å². The standard InChI is InChI=1S/C9H15F/c10-9-4-2-1-3-8(9)7-5-6-7/h7-9H,1-6H2. The van der Waals surface area contributed by atoms with Crippen LogP contribution in [0.1, 0.15) is 38.5 Å². The summed E-state index contributed by atoms with van der Waals surface area (Å²) in [6, 6.07) is 0. The molecule has 2 rings (SSSR count). The first kappa shape index (κ1) is 6.63. The third-order valence-electron chi connectivity index (χ3n) is 2.96. The summed E-state index contributed by atoms with van der Waals surface area (Å²) >= 11 is 0. The average molecular weight is 142 g/mol. The number of alkyl halides is 1. The van der Waals surface area contributed by atoms with Gasteiger partial charge in [0.05, 0.1) is 0 Å². The van der Waals surface area contributed by atoms with Crippen molar-refractivity contribution in [1.82, 2.24) is 0 Å². The van der Waals surface area contributed by atoms with Gasteiger partial charge in [0.2, 0.25) is 0 Å². The highest BCUT2D eigenvalue weighted by Crippen LogP contribution is 2.44. The van der Waals surface area contributed by atoms with E-state index in [9.17, 15) is 4.39 Å². The monoisotopic (exact) mass is 142 g/mol. The third kappa shape index (κ3) is 1.18. The molecular weight excluding hydrogens is 127 g/mol. The molecule has 0 heterocycles. The molecule has 10 heavy (non-hydrogen) atoms. The Labute approximate surface area is 61.8 Å². The molecule has 0 nitrogen and oxygen atoms in total. The van der Waals surface area contributed by atoms with E-state index in [1.807, 2.05) is 0 Å². The predicted octanol–water partition coefficient (Wildman–Crippen LogP) is 2.92. The summed E-state index contributed by atoms with van der Waals surface area (Å²) in [5, 5.41) is 0. The maximum atomic E-state index is 13.1. The van der Waals surface area contributed by atoms with E-state index in [0.717, 1.165) is 18.8 Å². The lowest BCUT2D eigenvalue weighted by atomic mass is 9.84. The topological polar surface area (TPSA) is 0 Å². The second-order valence-electron chi connectivity index (χ2n) is 3.80. The lowest BCUT2D eigenvalue weighted by Gasteiger charge is -2.25. The van der Waals surface area contributed by atoms with Gasteiger partial charge in [0.25, 0.3) is 0 Å². The molecule has 2 fully saturated rings. The fourth-order valence-corrected chi connectivity index (χ4v) is 2.17. The second-order valence-corrected chi connectivity index (χ2v) is 3.80. The second kappa shape index (κ2) is 2.52. The van der Waals surface area contributed by atoms with Gasteiger partial charge >= 0.3 is 0 Å². The van der Waals surface area contributed by atoms with Gasteiger partial charge in [-0.3, -0.25) is 0 Å². The minimum atomic E-state index is -0.443. The van der Waals surface area contributed by atoms with E-state index in [1.165, 1.54) is 25.7 Å². The summed E-state index contributed by atoms with van der Waals surface area (Å²) < 4.78 is 13.1. The van der Waals surface area contributed by atoms with Gasteiger partial charge in [0, 0.05) is 0 Å². The van der Waals surface area contributed by atoms with Crippen molar-refractivity contribution in [3.05, 3.63) is 0 Å². The fourth-order valence-electron chi connectivity index (χ4n) is 2.17. The Hall–Kier alpha value is -0.0700. The maximum Gasteiger partial charge on any atom is 0.103 e. The number of halogens is 1. The molecule has 0 radical (unpaired) electrons. The summed E-state index contributed by atoms with van der Waals surface area (Å²) in [5.74, 6) is 1.25. The minimum absolute atomic E-state index is 0.443. The van der Waals surface area contributed by atoms with Gasteiger partial charge < -0.3 is 0 Å². The van der Waals surface area contributed by atoms with E-state index in [4.69, 9.17) is 0 Å². The molecular formula is C9H15F. The molecule has 0 spiro atoms. The van der Waals surface area contributed by atoms with E-state index in [2.05, 4.69) is 0 Å². The molecule has 58 valence electrons. The molecule has 1 heteroatoms. The summed E-state index contributed by atoms with van der Waals surface area (Å²) in [5.41, 5.74) is 0. The van der Waals surface area contributed by atoms with Crippen LogP contribution in [0.25, 0.3) is 0 Å². The first-order chi connectivity index (χ1) is 4.88. The molecule has 0 amide bonds. The minimum Gasteiger partial charge on any atom is -0.247 e. The number of hydrogen-bond donors (Lipinski definition) is 0. The van der Waals surface area contributed by atoms with Crippen LogP contribution >= 0.6 is 0 Å². The Bertz CT molecular complexity index is 118. The Kier molecular flexibility index (Phi) is 1.67. The largest absolute Gasteiger partial charge is 0.247 e. The lowest BCUT2D eigenvalue weighted by molar-refractivity contribution is 0.147. The van der Waals surface area contributed by atoms with Gasteiger partial charge in [0.1, 0.15) is 6.17 Å². The van der Waals surface area contributed by atoms with Crippen LogP contribution in [0.4, 0.5) is 4.39 Å². The summed E-state index contributed by atoms with van der Waals surface area (Å²) in [7, 11) is 0. The average Bonchev–Trinajstić information content (AvgIpc) is 2.71.